The Morgan fingerprint density at radius 1 is 0.783 bits per heavy atom. The lowest BCUT2D eigenvalue weighted by atomic mass is 10.3. The molecule has 2 aromatic rings. The van der Waals surface area contributed by atoms with E-state index < -0.39 is 30.3 Å². The van der Waals surface area contributed by atoms with Gasteiger partial charge in [-0.1, -0.05) is 0 Å². The molecule has 0 N–H and O–H groups in total. The third-order valence-electron chi connectivity index (χ3n) is 2.50. The summed E-state index contributed by atoms with van der Waals surface area (Å²) in [6.07, 6.45) is 4.43. The fourth-order valence-electron chi connectivity index (χ4n) is 1.48. The number of pyridine rings is 2. The van der Waals surface area contributed by atoms with Crippen molar-refractivity contribution < 1.29 is 28.7 Å². The van der Waals surface area contributed by atoms with Gasteiger partial charge in [0.25, 0.3) is 0 Å². The minimum atomic E-state index is -1.14. The predicted molar refractivity (Wildman–Crippen MR) is 73.9 cm³/mol. The SMILES string of the molecule is O=C(CC(=O)OC(=O)c1cccnc1)OC(=O)c1cccnc1. The van der Waals surface area contributed by atoms with E-state index in [-0.39, 0.29) is 11.1 Å². The first kappa shape index (κ1) is 16.0. The van der Waals surface area contributed by atoms with Crippen LogP contribution in [0.1, 0.15) is 27.1 Å². The van der Waals surface area contributed by atoms with Crippen LogP contribution in [0, 0.1) is 0 Å². The Balaban J connectivity index is 1.84. The van der Waals surface area contributed by atoms with Gasteiger partial charge in [-0.2, -0.15) is 0 Å². The van der Waals surface area contributed by atoms with Gasteiger partial charge in [0.05, 0.1) is 11.1 Å². The molecular formula is C15H10N2O6. The highest BCUT2D eigenvalue weighted by Crippen LogP contribution is 2.03. The molecule has 0 fully saturated rings. The number of carbonyl (C=O) groups is 4. The average molecular weight is 314 g/mol. The predicted octanol–water partition coefficient (Wildman–Crippen LogP) is 0.934. The van der Waals surface area contributed by atoms with Crippen LogP contribution in [0.3, 0.4) is 0 Å². The first-order valence-corrected chi connectivity index (χ1v) is 6.36. The van der Waals surface area contributed by atoms with Crippen molar-refractivity contribution >= 4 is 23.9 Å². The van der Waals surface area contributed by atoms with Gasteiger partial charge in [-0.25, -0.2) is 9.59 Å². The molecule has 0 radical (unpaired) electrons. The Labute approximate surface area is 130 Å². The molecule has 8 heteroatoms. The third-order valence-corrected chi connectivity index (χ3v) is 2.50. The van der Waals surface area contributed by atoms with E-state index in [1.807, 2.05) is 0 Å². The summed E-state index contributed by atoms with van der Waals surface area (Å²) in [5, 5.41) is 0. The molecule has 0 amide bonds. The Hall–Kier alpha value is -3.42. The largest absolute Gasteiger partial charge is 0.389 e. The molecule has 23 heavy (non-hydrogen) atoms. The minimum absolute atomic E-state index is 0.0562. The molecule has 8 nitrogen and oxygen atoms in total. The van der Waals surface area contributed by atoms with Gasteiger partial charge < -0.3 is 9.47 Å². The lowest BCUT2D eigenvalue weighted by molar-refractivity contribution is -0.147. The van der Waals surface area contributed by atoms with Crippen LogP contribution in [0.15, 0.2) is 49.1 Å². The maximum atomic E-state index is 11.6. The topological polar surface area (TPSA) is 113 Å². The Bertz CT molecular complexity index is 667. The van der Waals surface area contributed by atoms with Gasteiger partial charge in [0.2, 0.25) is 0 Å². The lowest BCUT2D eigenvalue weighted by Crippen LogP contribution is -2.20. The van der Waals surface area contributed by atoms with Crippen LogP contribution in [-0.2, 0) is 19.1 Å². The van der Waals surface area contributed by atoms with Crippen LogP contribution in [0.4, 0.5) is 0 Å². The molecule has 0 bridgehead atoms. The molecule has 2 rings (SSSR count). The molecule has 0 atom stereocenters. The summed E-state index contributed by atoms with van der Waals surface area (Å²) in [5.74, 6) is -4.17. The van der Waals surface area contributed by atoms with Gasteiger partial charge in [0, 0.05) is 24.8 Å². The van der Waals surface area contributed by atoms with Gasteiger partial charge in [-0.15, -0.1) is 0 Å². The van der Waals surface area contributed by atoms with Gasteiger partial charge in [-0.3, -0.25) is 19.6 Å². The van der Waals surface area contributed by atoms with E-state index in [9.17, 15) is 19.2 Å². The molecule has 0 saturated carbocycles. The molecule has 116 valence electrons. The van der Waals surface area contributed by atoms with Crippen LogP contribution in [0.2, 0.25) is 0 Å². The fourth-order valence-corrected chi connectivity index (χ4v) is 1.48. The van der Waals surface area contributed by atoms with Crippen molar-refractivity contribution in [2.75, 3.05) is 0 Å². The highest BCUT2D eigenvalue weighted by Gasteiger charge is 2.20. The Kier molecular flexibility index (Phi) is 5.24. The second-order valence-electron chi connectivity index (χ2n) is 4.18. The summed E-state index contributed by atoms with van der Waals surface area (Å²) in [6.45, 7) is 0. The van der Waals surface area contributed by atoms with Crippen molar-refractivity contribution in [2.24, 2.45) is 0 Å². The number of nitrogens with zero attached hydrogens (tertiary/aromatic N) is 2. The van der Waals surface area contributed by atoms with E-state index in [4.69, 9.17) is 0 Å². The van der Waals surface area contributed by atoms with Crippen LogP contribution >= 0.6 is 0 Å². The van der Waals surface area contributed by atoms with Crippen LogP contribution in [0.25, 0.3) is 0 Å². The van der Waals surface area contributed by atoms with Gasteiger partial charge in [0.1, 0.15) is 6.42 Å². The quantitative estimate of drug-likeness (QED) is 0.605. The zero-order chi connectivity index (χ0) is 16.7. The summed E-state index contributed by atoms with van der Waals surface area (Å²) < 4.78 is 8.90. The normalized spacial score (nSPS) is 9.74. The number of esters is 4. The van der Waals surface area contributed by atoms with E-state index in [1.54, 1.807) is 0 Å². The second kappa shape index (κ2) is 7.55. The minimum Gasteiger partial charge on any atom is -0.389 e. The highest BCUT2D eigenvalue weighted by atomic mass is 16.6. The number of hydrogen-bond acceptors (Lipinski definition) is 8. The summed E-state index contributed by atoms with van der Waals surface area (Å²) >= 11 is 0. The number of hydrogen-bond donors (Lipinski definition) is 0. The molecule has 0 aliphatic rings. The van der Waals surface area contributed by atoms with Crippen molar-refractivity contribution in [3.05, 3.63) is 60.2 Å². The van der Waals surface area contributed by atoms with Gasteiger partial charge in [-0.05, 0) is 24.3 Å². The van der Waals surface area contributed by atoms with E-state index in [0.717, 1.165) is 0 Å². The lowest BCUT2D eigenvalue weighted by Gasteiger charge is -2.03. The molecule has 0 aliphatic carbocycles. The van der Waals surface area contributed by atoms with E-state index in [2.05, 4.69) is 19.4 Å². The maximum Gasteiger partial charge on any atom is 0.347 e. The highest BCUT2D eigenvalue weighted by molar-refractivity contribution is 6.04. The fraction of sp³-hybridized carbons (Fsp3) is 0.0667. The molecule has 2 heterocycles. The van der Waals surface area contributed by atoms with Crippen molar-refractivity contribution in [1.29, 1.82) is 0 Å². The van der Waals surface area contributed by atoms with Crippen molar-refractivity contribution in [3.8, 4) is 0 Å². The second-order valence-corrected chi connectivity index (χ2v) is 4.18. The van der Waals surface area contributed by atoms with Gasteiger partial charge in [0.15, 0.2) is 0 Å². The summed E-state index contributed by atoms with van der Waals surface area (Å²) in [5.41, 5.74) is 0.112. The van der Waals surface area contributed by atoms with Crippen LogP contribution < -0.4 is 0 Å². The number of ether oxygens (including phenoxy) is 2. The number of rotatable bonds is 4. The summed E-state index contributed by atoms with van der Waals surface area (Å²) in [6, 6.07) is 5.77. The average Bonchev–Trinajstić information content (AvgIpc) is 2.56. The smallest absolute Gasteiger partial charge is 0.347 e. The van der Waals surface area contributed by atoms with Crippen LogP contribution in [0.5, 0.6) is 0 Å². The van der Waals surface area contributed by atoms with Crippen molar-refractivity contribution in [2.45, 2.75) is 6.42 Å². The molecular weight excluding hydrogens is 304 g/mol. The standard InChI is InChI=1S/C15H10N2O6/c18-12(22-14(20)10-3-1-5-16-8-10)7-13(19)23-15(21)11-4-2-6-17-9-11/h1-6,8-9H,7H2. The van der Waals surface area contributed by atoms with E-state index in [1.165, 1.54) is 49.1 Å². The Morgan fingerprint density at radius 3 is 1.57 bits per heavy atom. The molecule has 0 aliphatic heterocycles. The van der Waals surface area contributed by atoms with Gasteiger partial charge >= 0.3 is 23.9 Å². The van der Waals surface area contributed by atoms with E-state index >= 15 is 0 Å². The molecule has 0 spiro atoms. The first-order chi connectivity index (χ1) is 11.1. The summed E-state index contributed by atoms with van der Waals surface area (Å²) in [7, 11) is 0. The monoisotopic (exact) mass is 314 g/mol. The molecule has 0 unspecified atom stereocenters. The van der Waals surface area contributed by atoms with Crippen molar-refractivity contribution in [3.63, 3.8) is 0 Å². The maximum absolute atomic E-state index is 11.6. The van der Waals surface area contributed by atoms with E-state index in [0.29, 0.717) is 0 Å². The van der Waals surface area contributed by atoms with Crippen molar-refractivity contribution in [1.82, 2.24) is 9.97 Å². The molecule has 0 saturated heterocycles. The third kappa shape index (κ3) is 4.81. The summed E-state index contributed by atoms with van der Waals surface area (Å²) in [4.78, 5) is 53.5. The Morgan fingerprint density at radius 2 is 1.22 bits per heavy atom. The zero-order valence-corrected chi connectivity index (χ0v) is 11.7. The van der Waals surface area contributed by atoms with Crippen LogP contribution in [-0.4, -0.2) is 33.8 Å². The number of aromatic nitrogens is 2. The number of carbonyl (C=O) groups excluding carboxylic acids is 4. The zero-order valence-electron chi connectivity index (χ0n) is 11.7. The first-order valence-electron chi connectivity index (χ1n) is 6.36. The molecule has 2 aromatic heterocycles. The molecule has 0 aromatic carbocycles.